The van der Waals surface area contributed by atoms with Gasteiger partial charge in [0.05, 0.1) is 26.1 Å². The van der Waals surface area contributed by atoms with Crippen LogP contribution in [-0.4, -0.2) is 63.4 Å². The van der Waals surface area contributed by atoms with Crippen LogP contribution in [0.1, 0.15) is 52.6 Å². The van der Waals surface area contributed by atoms with Crippen molar-refractivity contribution in [3.05, 3.63) is 171 Å². The van der Waals surface area contributed by atoms with Gasteiger partial charge >= 0.3 is 7.25 Å². The second-order valence-corrected chi connectivity index (χ2v) is 13.3. The third kappa shape index (κ3) is 13.9. The fraction of sp³-hybridized carbons (Fsp3) is 0.205. The van der Waals surface area contributed by atoms with Gasteiger partial charge in [-0.15, -0.1) is 0 Å². The zero-order valence-corrected chi connectivity index (χ0v) is 33.2. The Kier molecular flexibility index (Phi) is 16.0. The van der Waals surface area contributed by atoms with Gasteiger partial charge in [0, 0.05) is 23.7 Å². The highest BCUT2D eigenvalue weighted by atomic mass is 35.5. The SMILES string of the molecule is COc1ccc(/C=N/N(C)/C(=C/C=C2\CCCC(/C=C/C(c3ccc(C)cc3)=[N+](C)/N=C/c3ccc(OC)cc3)=C2Cl)c2ccc(C)cc2)cc1.F[B-](F)(F)F. The van der Waals surface area contributed by atoms with Crippen molar-refractivity contribution in [2.24, 2.45) is 10.2 Å². The Labute approximate surface area is 332 Å². The van der Waals surface area contributed by atoms with Gasteiger partial charge in [-0.1, -0.05) is 76.0 Å². The molecule has 1 aliphatic carbocycles. The Morgan fingerprint density at radius 3 is 1.77 bits per heavy atom. The predicted octanol–water partition coefficient (Wildman–Crippen LogP) is 11.3. The molecule has 0 N–H and O–H groups in total. The number of rotatable bonds is 12. The van der Waals surface area contributed by atoms with E-state index in [1.54, 1.807) is 14.2 Å². The Bertz CT molecular complexity index is 2120. The molecule has 4 aromatic carbocycles. The number of ether oxygens (including phenoxy) is 2. The van der Waals surface area contributed by atoms with E-state index in [-0.39, 0.29) is 0 Å². The molecule has 0 saturated heterocycles. The van der Waals surface area contributed by atoms with Crippen LogP contribution in [0.15, 0.2) is 148 Å². The van der Waals surface area contributed by atoms with Crippen molar-refractivity contribution in [1.29, 1.82) is 0 Å². The first kappa shape index (κ1) is 43.1. The first-order valence-electron chi connectivity index (χ1n) is 17.9. The van der Waals surface area contributed by atoms with E-state index in [9.17, 15) is 17.3 Å². The fourth-order valence-corrected chi connectivity index (χ4v) is 5.92. The molecule has 0 fully saturated rings. The average Bonchev–Trinajstić information content (AvgIpc) is 3.18. The highest BCUT2D eigenvalue weighted by molar-refractivity contribution is 6.50. The zero-order valence-electron chi connectivity index (χ0n) is 32.4. The van der Waals surface area contributed by atoms with Gasteiger partial charge in [0.1, 0.15) is 17.7 Å². The first-order chi connectivity index (χ1) is 26.7. The molecule has 5 rings (SSSR count). The molecule has 0 saturated carbocycles. The van der Waals surface area contributed by atoms with E-state index >= 15 is 0 Å². The lowest BCUT2D eigenvalue weighted by molar-refractivity contribution is -0.500. The minimum atomic E-state index is -6.00. The van der Waals surface area contributed by atoms with Gasteiger partial charge in [-0.2, -0.15) is 5.10 Å². The molecule has 0 unspecified atom stereocenters. The summed E-state index contributed by atoms with van der Waals surface area (Å²) in [6.45, 7) is 4.18. The maximum Gasteiger partial charge on any atom is 0.673 e. The Morgan fingerprint density at radius 1 is 0.750 bits per heavy atom. The van der Waals surface area contributed by atoms with Gasteiger partial charge in [0.15, 0.2) is 7.05 Å². The molecule has 0 radical (unpaired) electrons. The molecule has 12 heteroatoms. The quantitative estimate of drug-likeness (QED) is 0.0473. The number of hydrazone groups is 2. The Balaban J connectivity index is 0.00000131. The normalized spacial score (nSPS) is 15.0. The summed E-state index contributed by atoms with van der Waals surface area (Å²) in [5, 5.41) is 12.2. The molecule has 292 valence electrons. The maximum absolute atomic E-state index is 9.75. The number of aryl methyl sites for hydroxylation is 2. The minimum Gasteiger partial charge on any atom is -0.497 e. The molecule has 4 aromatic rings. The molecule has 56 heavy (non-hydrogen) atoms. The van der Waals surface area contributed by atoms with Crippen LogP contribution in [0.5, 0.6) is 11.5 Å². The maximum atomic E-state index is 9.75. The summed E-state index contributed by atoms with van der Waals surface area (Å²) in [6, 6.07) is 32.7. The summed E-state index contributed by atoms with van der Waals surface area (Å²) in [7, 11) is 1.26. The highest BCUT2D eigenvalue weighted by Crippen LogP contribution is 2.34. The van der Waals surface area contributed by atoms with Crippen LogP contribution in [0.3, 0.4) is 0 Å². The number of methoxy groups -OCH3 is 2. The topological polar surface area (TPSA) is 49.4 Å². The molecule has 0 spiro atoms. The second kappa shape index (κ2) is 20.9. The predicted molar refractivity (Wildman–Crippen MR) is 224 cm³/mol. The van der Waals surface area contributed by atoms with E-state index in [1.165, 1.54) is 11.1 Å². The van der Waals surface area contributed by atoms with Crippen molar-refractivity contribution < 1.29 is 31.4 Å². The Morgan fingerprint density at radius 2 is 1.25 bits per heavy atom. The lowest BCUT2D eigenvalue weighted by Gasteiger charge is -2.19. The summed E-state index contributed by atoms with van der Waals surface area (Å²) in [6.07, 6.45) is 15.0. The number of hydrogen-bond acceptors (Lipinski definition) is 5. The summed E-state index contributed by atoms with van der Waals surface area (Å²) in [4.78, 5) is 0. The monoisotopic (exact) mass is 784 g/mol. The number of halogens is 5. The van der Waals surface area contributed by atoms with E-state index < -0.39 is 7.25 Å². The average molecular weight is 785 g/mol. The van der Waals surface area contributed by atoms with E-state index in [1.807, 2.05) is 84.7 Å². The smallest absolute Gasteiger partial charge is 0.497 e. The lowest BCUT2D eigenvalue weighted by atomic mass is 9.93. The second-order valence-electron chi connectivity index (χ2n) is 13.0. The van der Waals surface area contributed by atoms with Crippen molar-refractivity contribution in [2.45, 2.75) is 33.1 Å². The molecule has 6 nitrogen and oxygen atoms in total. The molecule has 0 aliphatic heterocycles. The van der Waals surface area contributed by atoms with Crippen LogP contribution in [0, 0.1) is 13.8 Å². The van der Waals surface area contributed by atoms with Crippen LogP contribution in [0.4, 0.5) is 17.3 Å². The van der Waals surface area contributed by atoms with Crippen LogP contribution >= 0.6 is 11.6 Å². The third-order valence-corrected chi connectivity index (χ3v) is 9.21. The van der Waals surface area contributed by atoms with Crippen molar-refractivity contribution in [1.82, 2.24) is 5.01 Å². The molecule has 0 amide bonds. The number of hydrogen-bond donors (Lipinski definition) is 0. The van der Waals surface area contributed by atoms with Crippen LogP contribution in [-0.2, 0) is 0 Å². The molecule has 0 atom stereocenters. The van der Waals surface area contributed by atoms with Crippen LogP contribution < -0.4 is 9.47 Å². The number of benzene rings is 4. The highest BCUT2D eigenvalue weighted by Gasteiger charge is 2.21. The van der Waals surface area contributed by atoms with E-state index in [4.69, 9.17) is 31.3 Å². The van der Waals surface area contributed by atoms with Crippen molar-refractivity contribution in [3.8, 4) is 11.5 Å². The number of nitrogens with zero attached hydrogens (tertiary/aromatic N) is 4. The summed E-state index contributed by atoms with van der Waals surface area (Å²) >= 11 is 7.15. The molecule has 0 aromatic heterocycles. The van der Waals surface area contributed by atoms with Gasteiger partial charge in [0.2, 0.25) is 5.71 Å². The van der Waals surface area contributed by atoms with Gasteiger partial charge in [-0.25, -0.2) is 0 Å². The first-order valence-corrected chi connectivity index (χ1v) is 18.3. The van der Waals surface area contributed by atoms with Crippen molar-refractivity contribution in [3.63, 3.8) is 0 Å². The summed E-state index contributed by atoms with van der Waals surface area (Å²) in [5.41, 5.74) is 10.6. The fourth-order valence-electron chi connectivity index (χ4n) is 5.61. The van der Waals surface area contributed by atoms with E-state index in [0.717, 1.165) is 80.6 Å². The number of allylic oxidation sites excluding steroid dienone is 7. The van der Waals surface area contributed by atoms with Gasteiger partial charge < -0.3 is 26.7 Å². The van der Waals surface area contributed by atoms with Gasteiger partial charge in [-0.05, 0) is 133 Å². The molecule has 0 heterocycles. The largest absolute Gasteiger partial charge is 0.673 e. The molecular formula is C44H46BClF4N4O2. The van der Waals surface area contributed by atoms with E-state index in [2.05, 4.69) is 86.7 Å². The third-order valence-electron chi connectivity index (χ3n) is 8.72. The molecule has 1 aliphatic rings. The summed E-state index contributed by atoms with van der Waals surface area (Å²) in [5.74, 6) is 1.63. The van der Waals surface area contributed by atoms with Crippen molar-refractivity contribution in [2.75, 3.05) is 28.3 Å². The van der Waals surface area contributed by atoms with E-state index in [0.29, 0.717) is 0 Å². The van der Waals surface area contributed by atoms with Crippen LogP contribution in [0.2, 0.25) is 0 Å². The van der Waals surface area contributed by atoms with Crippen LogP contribution in [0.25, 0.3) is 5.70 Å². The van der Waals surface area contributed by atoms with Crippen molar-refractivity contribution >= 4 is 42.7 Å². The summed E-state index contributed by atoms with van der Waals surface area (Å²) < 4.78 is 51.5. The molecular weight excluding hydrogens is 739 g/mol. The Hall–Kier alpha value is -5.68. The molecule has 0 bridgehead atoms. The lowest BCUT2D eigenvalue weighted by Crippen LogP contribution is -2.12. The zero-order chi connectivity index (χ0) is 40.7. The standard InChI is InChI=1S/C44H46ClN4O2.BF4/c1-32-10-18-36(19-11-32)42(48(3)46-30-34-14-24-40(50-5)25-15-34)28-22-38-8-7-9-39(44(38)45)23-29-43(37-20-12-33(2)13-21-37)49(4)47-31-35-16-26-41(51-6)27-17-35;2-1(3,4)5/h10-31H,7-9H2,1-6H3;/q+1;-1/b46-30+,47-31+;. The minimum absolute atomic E-state index is 0.786. The van der Waals surface area contributed by atoms with Gasteiger partial charge in [0.25, 0.3) is 0 Å². The van der Waals surface area contributed by atoms with Gasteiger partial charge in [-0.3, -0.25) is 5.01 Å².